The van der Waals surface area contributed by atoms with Crippen LogP contribution >= 0.6 is 0 Å². The smallest absolute Gasteiger partial charge is 0.0702 e. The number of hydrogen-bond donors (Lipinski definition) is 1. The number of rotatable bonds is 7. The predicted molar refractivity (Wildman–Crippen MR) is 83.7 cm³/mol. The second-order valence-corrected chi connectivity index (χ2v) is 5.79. The highest BCUT2D eigenvalue weighted by molar-refractivity contribution is 5.23. The van der Waals surface area contributed by atoms with Crippen molar-refractivity contribution >= 4 is 0 Å². The van der Waals surface area contributed by atoms with Gasteiger partial charge in [0.05, 0.1) is 6.10 Å². The molecule has 1 atom stereocenters. The van der Waals surface area contributed by atoms with E-state index in [1.807, 2.05) is 0 Å². The van der Waals surface area contributed by atoms with Crippen LogP contribution in [0.4, 0.5) is 0 Å². The van der Waals surface area contributed by atoms with E-state index in [0.29, 0.717) is 6.10 Å². The summed E-state index contributed by atoms with van der Waals surface area (Å²) in [4.78, 5) is 2.38. The third-order valence-corrected chi connectivity index (χ3v) is 3.81. The highest BCUT2D eigenvalue weighted by Crippen LogP contribution is 2.15. The van der Waals surface area contributed by atoms with Crippen molar-refractivity contribution in [2.24, 2.45) is 0 Å². The minimum atomic E-state index is 0.429. The molecule has 1 unspecified atom stereocenters. The first-order valence-corrected chi connectivity index (χ1v) is 7.86. The zero-order valence-electron chi connectivity index (χ0n) is 12.9. The van der Waals surface area contributed by atoms with Crippen LogP contribution in [0.15, 0.2) is 24.3 Å². The molecule has 1 aliphatic rings. The van der Waals surface area contributed by atoms with Crippen molar-refractivity contribution in [1.82, 2.24) is 10.2 Å². The van der Waals surface area contributed by atoms with Crippen LogP contribution in [0, 0.1) is 0 Å². The van der Waals surface area contributed by atoms with E-state index in [9.17, 15) is 0 Å². The van der Waals surface area contributed by atoms with Gasteiger partial charge in [-0.15, -0.1) is 0 Å². The summed E-state index contributed by atoms with van der Waals surface area (Å²) in [6, 6.07) is 8.87. The molecular weight excluding hydrogens is 248 g/mol. The molecule has 1 N–H and O–H groups in total. The van der Waals surface area contributed by atoms with Crippen LogP contribution in [0.1, 0.15) is 37.3 Å². The molecule has 0 amide bonds. The first kappa shape index (κ1) is 15.5. The normalized spacial score (nSPS) is 19.4. The Morgan fingerprint density at radius 2 is 2.15 bits per heavy atom. The van der Waals surface area contributed by atoms with Gasteiger partial charge in [-0.25, -0.2) is 0 Å². The summed E-state index contributed by atoms with van der Waals surface area (Å²) in [5.41, 5.74) is 2.75. The van der Waals surface area contributed by atoms with Gasteiger partial charge in [0.2, 0.25) is 0 Å². The average molecular weight is 276 g/mol. The fourth-order valence-corrected chi connectivity index (χ4v) is 2.78. The highest BCUT2D eigenvalue weighted by atomic mass is 16.5. The van der Waals surface area contributed by atoms with Crippen LogP contribution in [0.5, 0.6) is 0 Å². The fourth-order valence-electron chi connectivity index (χ4n) is 2.78. The molecule has 0 bridgehead atoms. The number of likely N-dealkylation sites (N-methyl/N-ethyl adjacent to an activating group) is 1. The molecule has 1 saturated heterocycles. The van der Waals surface area contributed by atoms with Crippen LogP contribution in [-0.4, -0.2) is 37.7 Å². The van der Waals surface area contributed by atoms with Crippen LogP contribution in [0.2, 0.25) is 0 Å². The SMILES string of the molecule is CCNCc1cccc(CN(C)CC2CCCCO2)c1. The van der Waals surface area contributed by atoms with Gasteiger partial charge >= 0.3 is 0 Å². The highest BCUT2D eigenvalue weighted by Gasteiger charge is 2.15. The van der Waals surface area contributed by atoms with Crippen molar-refractivity contribution in [3.63, 3.8) is 0 Å². The average Bonchev–Trinajstić information content (AvgIpc) is 2.46. The molecule has 0 spiro atoms. The molecule has 3 nitrogen and oxygen atoms in total. The van der Waals surface area contributed by atoms with E-state index in [1.54, 1.807) is 0 Å². The molecule has 1 aliphatic heterocycles. The molecule has 1 heterocycles. The first-order valence-electron chi connectivity index (χ1n) is 7.86. The molecule has 20 heavy (non-hydrogen) atoms. The molecule has 0 aromatic heterocycles. The zero-order valence-corrected chi connectivity index (χ0v) is 12.9. The van der Waals surface area contributed by atoms with Gasteiger partial charge in [-0.3, -0.25) is 4.90 Å². The minimum Gasteiger partial charge on any atom is -0.377 e. The second kappa shape index (κ2) is 8.40. The zero-order chi connectivity index (χ0) is 14.2. The van der Waals surface area contributed by atoms with Crippen molar-refractivity contribution in [3.8, 4) is 0 Å². The Morgan fingerprint density at radius 3 is 2.90 bits per heavy atom. The van der Waals surface area contributed by atoms with E-state index in [0.717, 1.165) is 32.8 Å². The summed E-state index contributed by atoms with van der Waals surface area (Å²) in [6.07, 6.45) is 4.19. The summed E-state index contributed by atoms with van der Waals surface area (Å²) < 4.78 is 5.81. The Labute approximate surface area is 123 Å². The number of benzene rings is 1. The van der Waals surface area contributed by atoms with Gasteiger partial charge in [0.15, 0.2) is 0 Å². The number of nitrogens with zero attached hydrogens (tertiary/aromatic N) is 1. The molecule has 0 aliphatic carbocycles. The van der Waals surface area contributed by atoms with Gasteiger partial charge in [-0.2, -0.15) is 0 Å². The molecule has 112 valence electrons. The maximum Gasteiger partial charge on any atom is 0.0702 e. The quantitative estimate of drug-likeness (QED) is 0.829. The van der Waals surface area contributed by atoms with Gasteiger partial charge < -0.3 is 10.1 Å². The molecular formula is C17H28N2O. The molecule has 1 aromatic rings. The lowest BCUT2D eigenvalue weighted by Crippen LogP contribution is -2.33. The monoisotopic (exact) mass is 276 g/mol. The third-order valence-electron chi connectivity index (χ3n) is 3.81. The maximum atomic E-state index is 5.81. The van der Waals surface area contributed by atoms with E-state index < -0.39 is 0 Å². The lowest BCUT2D eigenvalue weighted by atomic mass is 10.1. The van der Waals surface area contributed by atoms with Crippen molar-refractivity contribution in [2.75, 3.05) is 26.7 Å². The van der Waals surface area contributed by atoms with E-state index in [4.69, 9.17) is 4.74 Å². The molecule has 3 heteroatoms. The predicted octanol–water partition coefficient (Wildman–Crippen LogP) is 2.80. The van der Waals surface area contributed by atoms with E-state index in [2.05, 4.69) is 48.5 Å². The van der Waals surface area contributed by atoms with E-state index in [1.165, 1.54) is 30.4 Å². The topological polar surface area (TPSA) is 24.5 Å². The van der Waals surface area contributed by atoms with Crippen LogP contribution in [0.3, 0.4) is 0 Å². The Kier molecular flexibility index (Phi) is 6.51. The molecule has 0 saturated carbocycles. The molecule has 2 rings (SSSR count). The maximum absolute atomic E-state index is 5.81. The Balaban J connectivity index is 1.81. The van der Waals surface area contributed by atoms with Crippen LogP contribution in [-0.2, 0) is 17.8 Å². The first-order chi connectivity index (χ1) is 9.78. The Morgan fingerprint density at radius 1 is 1.30 bits per heavy atom. The van der Waals surface area contributed by atoms with Gasteiger partial charge in [-0.1, -0.05) is 31.2 Å². The molecule has 1 fully saturated rings. The van der Waals surface area contributed by atoms with Crippen molar-refractivity contribution in [1.29, 1.82) is 0 Å². The largest absolute Gasteiger partial charge is 0.377 e. The summed E-state index contributed by atoms with van der Waals surface area (Å²) in [6.45, 7) is 7.10. The van der Waals surface area contributed by atoms with Crippen molar-refractivity contribution in [2.45, 2.75) is 45.4 Å². The summed E-state index contributed by atoms with van der Waals surface area (Å²) >= 11 is 0. The van der Waals surface area contributed by atoms with E-state index >= 15 is 0 Å². The van der Waals surface area contributed by atoms with Crippen molar-refractivity contribution < 1.29 is 4.74 Å². The second-order valence-electron chi connectivity index (χ2n) is 5.79. The summed E-state index contributed by atoms with van der Waals surface area (Å²) in [7, 11) is 2.19. The third kappa shape index (κ3) is 5.23. The number of ether oxygens (including phenoxy) is 1. The Bertz CT molecular complexity index is 388. The van der Waals surface area contributed by atoms with Gasteiger partial charge in [0, 0.05) is 26.2 Å². The van der Waals surface area contributed by atoms with E-state index in [-0.39, 0.29) is 0 Å². The van der Waals surface area contributed by atoms with Gasteiger partial charge in [-0.05, 0) is 44.0 Å². The van der Waals surface area contributed by atoms with Crippen LogP contribution in [0.25, 0.3) is 0 Å². The lowest BCUT2D eigenvalue weighted by molar-refractivity contribution is -0.00259. The number of hydrogen-bond acceptors (Lipinski definition) is 3. The summed E-state index contributed by atoms with van der Waals surface area (Å²) in [5.74, 6) is 0. The molecule has 0 radical (unpaired) electrons. The van der Waals surface area contributed by atoms with Gasteiger partial charge in [0.25, 0.3) is 0 Å². The number of nitrogens with one attached hydrogen (secondary N) is 1. The minimum absolute atomic E-state index is 0.429. The van der Waals surface area contributed by atoms with Gasteiger partial charge in [0.1, 0.15) is 0 Å². The van der Waals surface area contributed by atoms with Crippen LogP contribution < -0.4 is 5.32 Å². The summed E-state index contributed by atoms with van der Waals surface area (Å²) in [5, 5.41) is 3.38. The van der Waals surface area contributed by atoms with Crippen molar-refractivity contribution in [3.05, 3.63) is 35.4 Å². The Hall–Kier alpha value is -0.900. The lowest BCUT2D eigenvalue weighted by Gasteiger charge is -2.27. The fraction of sp³-hybridized carbons (Fsp3) is 0.647. The standard InChI is InChI=1S/C17H28N2O/c1-3-18-12-15-7-6-8-16(11-15)13-19(2)14-17-9-4-5-10-20-17/h6-8,11,17-18H,3-5,9-10,12-14H2,1-2H3. The molecule has 1 aromatic carbocycles.